The van der Waals surface area contributed by atoms with Crippen molar-refractivity contribution in [2.75, 3.05) is 46.6 Å². The number of nitrogens with zero attached hydrogens (tertiary/aromatic N) is 1. The number of hydrogen-bond acceptors (Lipinski definition) is 5. The highest BCUT2D eigenvalue weighted by Crippen LogP contribution is 2.42. The molecule has 0 amide bonds. The Morgan fingerprint density at radius 2 is 2.24 bits per heavy atom. The minimum Gasteiger partial charge on any atom is -0.493 e. The van der Waals surface area contributed by atoms with Crippen molar-refractivity contribution in [1.82, 2.24) is 4.90 Å². The molecule has 2 saturated heterocycles. The summed E-state index contributed by atoms with van der Waals surface area (Å²) in [5.41, 5.74) is 0.897. The summed E-state index contributed by atoms with van der Waals surface area (Å²) in [6.45, 7) is 6.85. The van der Waals surface area contributed by atoms with Crippen LogP contribution >= 0.6 is 11.6 Å². The summed E-state index contributed by atoms with van der Waals surface area (Å²) >= 11 is 6.50. The normalized spacial score (nSPS) is 26.5. The molecular formula is C19H28ClNO4. The van der Waals surface area contributed by atoms with Crippen LogP contribution in [0.25, 0.3) is 0 Å². The quantitative estimate of drug-likeness (QED) is 0.800. The highest BCUT2D eigenvalue weighted by Gasteiger charge is 2.48. The lowest BCUT2D eigenvalue weighted by Gasteiger charge is -2.36. The van der Waals surface area contributed by atoms with Crippen molar-refractivity contribution < 1.29 is 19.3 Å². The summed E-state index contributed by atoms with van der Waals surface area (Å²) in [6, 6.07) is 3.82. The van der Waals surface area contributed by atoms with Gasteiger partial charge in [0.15, 0.2) is 11.5 Å². The van der Waals surface area contributed by atoms with Crippen molar-refractivity contribution in [2.45, 2.75) is 26.3 Å². The van der Waals surface area contributed by atoms with Crippen molar-refractivity contribution in [3.63, 3.8) is 0 Å². The number of aliphatic hydroxyl groups excluding tert-OH is 1. The van der Waals surface area contributed by atoms with Crippen molar-refractivity contribution in [1.29, 1.82) is 0 Å². The third-order valence-electron chi connectivity index (χ3n) is 5.39. The molecule has 3 rings (SSSR count). The van der Waals surface area contributed by atoms with Crippen LogP contribution in [0.5, 0.6) is 11.5 Å². The molecule has 0 saturated carbocycles. The average molecular weight is 370 g/mol. The Morgan fingerprint density at radius 1 is 1.40 bits per heavy atom. The molecular weight excluding hydrogens is 342 g/mol. The predicted molar refractivity (Wildman–Crippen MR) is 97.5 cm³/mol. The SMILES string of the molecule is CCCOc1cc(Cl)c(CN2C[C@@H]3CCOC[C@]3(CO)C2)cc1OC. The van der Waals surface area contributed by atoms with Crippen LogP contribution in [-0.4, -0.2) is 56.6 Å². The molecule has 0 aromatic heterocycles. The first kappa shape index (κ1) is 18.8. The lowest BCUT2D eigenvalue weighted by molar-refractivity contribution is -0.0561. The predicted octanol–water partition coefficient (Wildman–Crippen LogP) is 2.97. The number of likely N-dealkylation sites (tertiary alicyclic amines) is 1. The third kappa shape index (κ3) is 3.90. The summed E-state index contributed by atoms with van der Waals surface area (Å²) in [4.78, 5) is 2.36. The molecule has 2 atom stereocenters. The molecule has 2 aliphatic rings. The van der Waals surface area contributed by atoms with Crippen molar-refractivity contribution >= 4 is 11.6 Å². The summed E-state index contributed by atoms with van der Waals surface area (Å²) in [5.74, 6) is 1.89. The van der Waals surface area contributed by atoms with E-state index in [1.54, 1.807) is 7.11 Å². The molecule has 2 aliphatic heterocycles. The van der Waals surface area contributed by atoms with Crippen LogP contribution in [0, 0.1) is 11.3 Å². The number of benzene rings is 1. The van der Waals surface area contributed by atoms with Crippen molar-refractivity contribution in [3.8, 4) is 11.5 Å². The van der Waals surface area contributed by atoms with Crippen LogP contribution < -0.4 is 9.47 Å². The van der Waals surface area contributed by atoms with Gasteiger partial charge in [0.2, 0.25) is 0 Å². The van der Waals surface area contributed by atoms with Gasteiger partial charge in [-0.3, -0.25) is 4.90 Å². The third-order valence-corrected chi connectivity index (χ3v) is 5.74. The van der Waals surface area contributed by atoms with Gasteiger partial charge in [0, 0.05) is 42.7 Å². The van der Waals surface area contributed by atoms with Gasteiger partial charge < -0.3 is 19.3 Å². The van der Waals surface area contributed by atoms with Gasteiger partial charge in [0.1, 0.15) is 0 Å². The van der Waals surface area contributed by atoms with Crippen LogP contribution in [-0.2, 0) is 11.3 Å². The van der Waals surface area contributed by atoms with E-state index in [0.29, 0.717) is 35.7 Å². The first-order valence-electron chi connectivity index (χ1n) is 9.02. The Bertz CT molecular complexity index is 597. The van der Waals surface area contributed by atoms with E-state index in [0.717, 1.165) is 44.6 Å². The molecule has 0 unspecified atom stereocenters. The van der Waals surface area contributed by atoms with Crippen LogP contribution in [0.1, 0.15) is 25.3 Å². The fraction of sp³-hybridized carbons (Fsp3) is 0.684. The second kappa shape index (κ2) is 8.12. The Hall–Kier alpha value is -1.01. The van der Waals surface area contributed by atoms with E-state index in [4.69, 9.17) is 25.8 Å². The molecule has 0 radical (unpaired) electrons. The molecule has 6 heteroatoms. The number of hydrogen-bond donors (Lipinski definition) is 1. The van der Waals surface area contributed by atoms with E-state index in [-0.39, 0.29) is 12.0 Å². The van der Waals surface area contributed by atoms with Crippen LogP contribution in [0.4, 0.5) is 0 Å². The van der Waals surface area contributed by atoms with Gasteiger partial charge in [-0.25, -0.2) is 0 Å². The van der Waals surface area contributed by atoms with Gasteiger partial charge in [-0.2, -0.15) is 0 Å². The Balaban J connectivity index is 1.74. The number of ether oxygens (including phenoxy) is 3. The molecule has 2 fully saturated rings. The van der Waals surface area contributed by atoms with Crippen LogP contribution in [0.2, 0.25) is 5.02 Å². The zero-order valence-electron chi connectivity index (χ0n) is 15.1. The van der Waals surface area contributed by atoms with Gasteiger partial charge >= 0.3 is 0 Å². The maximum atomic E-state index is 9.92. The zero-order chi connectivity index (χ0) is 17.9. The van der Waals surface area contributed by atoms with E-state index in [2.05, 4.69) is 11.8 Å². The summed E-state index contributed by atoms with van der Waals surface area (Å²) in [5, 5.41) is 10.6. The van der Waals surface area contributed by atoms with E-state index in [9.17, 15) is 5.11 Å². The number of halogens is 1. The van der Waals surface area contributed by atoms with Crippen LogP contribution in [0.15, 0.2) is 12.1 Å². The molecule has 5 nitrogen and oxygen atoms in total. The molecule has 0 bridgehead atoms. The van der Waals surface area contributed by atoms with Gasteiger partial charge in [-0.15, -0.1) is 0 Å². The van der Waals surface area contributed by atoms with Gasteiger partial charge in [0.25, 0.3) is 0 Å². The highest BCUT2D eigenvalue weighted by molar-refractivity contribution is 6.31. The monoisotopic (exact) mass is 369 g/mol. The van der Waals surface area contributed by atoms with E-state index < -0.39 is 0 Å². The van der Waals surface area contributed by atoms with Gasteiger partial charge in [-0.1, -0.05) is 18.5 Å². The number of methoxy groups -OCH3 is 1. The summed E-state index contributed by atoms with van der Waals surface area (Å²) in [7, 11) is 1.65. The standard InChI is InChI=1S/C19H28ClNO4/c1-3-5-25-18-8-16(20)14(7-17(18)23-2)9-21-10-15-4-6-24-13-19(15,11-21)12-22/h7-8,15,22H,3-6,9-13H2,1-2H3/t15-,19+/m0/s1. The fourth-order valence-electron chi connectivity index (χ4n) is 3.98. The largest absolute Gasteiger partial charge is 0.493 e. The molecule has 25 heavy (non-hydrogen) atoms. The maximum Gasteiger partial charge on any atom is 0.162 e. The first-order valence-corrected chi connectivity index (χ1v) is 9.40. The van der Waals surface area contributed by atoms with E-state index in [1.807, 2.05) is 12.1 Å². The molecule has 0 aliphatic carbocycles. The highest BCUT2D eigenvalue weighted by atomic mass is 35.5. The van der Waals surface area contributed by atoms with E-state index in [1.165, 1.54) is 0 Å². The van der Waals surface area contributed by atoms with Crippen molar-refractivity contribution in [2.24, 2.45) is 11.3 Å². The molecule has 1 N–H and O–H groups in total. The zero-order valence-corrected chi connectivity index (χ0v) is 15.8. The second-order valence-electron chi connectivity index (χ2n) is 7.17. The minimum absolute atomic E-state index is 0.126. The maximum absolute atomic E-state index is 9.92. The number of aliphatic hydroxyl groups is 1. The molecule has 140 valence electrons. The van der Waals surface area contributed by atoms with Crippen molar-refractivity contribution in [3.05, 3.63) is 22.7 Å². The van der Waals surface area contributed by atoms with E-state index >= 15 is 0 Å². The first-order chi connectivity index (χ1) is 12.1. The van der Waals surface area contributed by atoms with Gasteiger partial charge in [0.05, 0.1) is 26.9 Å². The molecule has 0 spiro atoms. The number of rotatable bonds is 7. The molecule has 1 aromatic rings. The lowest BCUT2D eigenvalue weighted by Crippen LogP contribution is -2.42. The Labute approximate surface area is 154 Å². The minimum atomic E-state index is -0.126. The second-order valence-corrected chi connectivity index (χ2v) is 7.58. The van der Waals surface area contributed by atoms with Gasteiger partial charge in [-0.05, 0) is 30.4 Å². The lowest BCUT2D eigenvalue weighted by atomic mass is 9.76. The summed E-state index contributed by atoms with van der Waals surface area (Å²) < 4.78 is 16.8. The Morgan fingerprint density at radius 3 is 2.92 bits per heavy atom. The molecule has 2 heterocycles. The smallest absolute Gasteiger partial charge is 0.162 e. The number of fused-ring (bicyclic) bond motifs is 1. The summed E-state index contributed by atoms with van der Waals surface area (Å²) in [6.07, 6.45) is 1.95. The Kier molecular flexibility index (Phi) is 6.10. The molecule has 1 aromatic carbocycles. The fourth-order valence-corrected chi connectivity index (χ4v) is 4.19. The topological polar surface area (TPSA) is 51.2 Å². The average Bonchev–Trinajstić information content (AvgIpc) is 3.00. The van der Waals surface area contributed by atoms with Crippen LogP contribution in [0.3, 0.4) is 0 Å².